The summed E-state index contributed by atoms with van der Waals surface area (Å²) in [4.78, 5) is 14.3. The number of carbonyl (C=O) groups excluding carboxylic acids is 1. The third kappa shape index (κ3) is 5.46. The third-order valence-electron chi connectivity index (χ3n) is 4.26. The van der Waals surface area contributed by atoms with Gasteiger partial charge < -0.3 is 19.7 Å². The number of nitrogens with one attached hydrogen (secondary N) is 1. The van der Waals surface area contributed by atoms with Gasteiger partial charge in [0.25, 0.3) is 0 Å². The Morgan fingerprint density at radius 2 is 2.12 bits per heavy atom. The summed E-state index contributed by atoms with van der Waals surface area (Å²) >= 11 is 0. The standard InChI is InChI=1S/C18H27FN2O3/c1-13(2)17(10-14-4-6-15(19)7-5-14)20-18(22)21-8-9-24-16(11-21)12-23-3/h4-7,13,16-17H,8-12H2,1-3H3,(H,20,22)/t16-,17+/m1/s1. The molecule has 1 aromatic carbocycles. The van der Waals surface area contributed by atoms with E-state index in [-0.39, 0.29) is 29.9 Å². The van der Waals surface area contributed by atoms with Crippen LogP contribution in [0, 0.1) is 11.7 Å². The van der Waals surface area contributed by atoms with Crippen molar-refractivity contribution in [1.82, 2.24) is 10.2 Å². The van der Waals surface area contributed by atoms with E-state index in [9.17, 15) is 9.18 Å². The highest BCUT2D eigenvalue weighted by atomic mass is 19.1. The number of morpholine rings is 1. The summed E-state index contributed by atoms with van der Waals surface area (Å²) in [7, 11) is 1.62. The summed E-state index contributed by atoms with van der Waals surface area (Å²) in [5, 5.41) is 3.11. The SMILES string of the molecule is COC[C@H]1CN(C(=O)N[C@@H](Cc2ccc(F)cc2)C(C)C)CCO1. The summed E-state index contributed by atoms with van der Waals surface area (Å²) < 4.78 is 23.7. The minimum absolute atomic E-state index is 0.00770. The normalized spacial score (nSPS) is 19.4. The fourth-order valence-electron chi connectivity index (χ4n) is 2.77. The van der Waals surface area contributed by atoms with Crippen molar-refractivity contribution >= 4 is 6.03 Å². The second-order valence-electron chi connectivity index (χ2n) is 6.52. The highest BCUT2D eigenvalue weighted by molar-refractivity contribution is 5.74. The van der Waals surface area contributed by atoms with Gasteiger partial charge in [-0.15, -0.1) is 0 Å². The zero-order valence-corrected chi connectivity index (χ0v) is 14.6. The van der Waals surface area contributed by atoms with E-state index in [2.05, 4.69) is 19.2 Å². The fourth-order valence-corrected chi connectivity index (χ4v) is 2.77. The molecule has 0 aromatic heterocycles. The summed E-state index contributed by atoms with van der Waals surface area (Å²) in [5.74, 6) is 0.0243. The molecule has 134 valence electrons. The van der Waals surface area contributed by atoms with Crippen molar-refractivity contribution in [3.05, 3.63) is 35.6 Å². The molecule has 1 saturated heterocycles. The van der Waals surface area contributed by atoms with E-state index in [1.54, 1.807) is 24.1 Å². The molecular formula is C18H27FN2O3. The van der Waals surface area contributed by atoms with Crippen LogP contribution >= 0.6 is 0 Å². The number of urea groups is 1. The van der Waals surface area contributed by atoms with Gasteiger partial charge in [0.1, 0.15) is 5.82 Å². The van der Waals surface area contributed by atoms with Gasteiger partial charge in [-0.2, -0.15) is 0 Å². The Hall–Kier alpha value is -1.66. The average Bonchev–Trinajstić information content (AvgIpc) is 2.56. The maximum atomic E-state index is 13.0. The van der Waals surface area contributed by atoms with Crippen LogP contribution in [0.2, 0.25) is 0 Å². The van der Waals surface area contributed by atoms with E-state index in [4.69, 9.17) is 9.47 Å². The molecule has 2 atom stereocenters. The Bertz CT molecular complexity index is 520. The van der Waals surface area contributed by atoms with Gasteiger partial charge in [-0.25, -0.2) is 9.18 Å². The zero-order chi connectivity index (χ0) is 17.5. The van der Waals surface area contributed by atoms with Crippen LogP contribution in [0.5, 0.6) is 0 Å². The third-order valence-corrected chi connectivity index (χ3v) is 4.26. The topological polar surface area (TPSA) is 50.8 Å². The molecule has 0 radical (unpaired) electrons. The maximum absolute atomic E-state index is 13.0. The minimum Gasteiger partial charge on any atom is -0.382 e. The van der Waals surface area contributed by atoms with E-state index in [0.29, 0.717) is 32.7 Å². The predicted molar refractivity (Wildman–Crippen MR) is 90.5 cm³/mol. The van der Waals surface area contributed by atoms with Crippen LogP contribution in [0.1, 0.15) is 19.4 Å². The van der Waals surface area contributed by atoms with Gasteiger partial charge in [0, 0.05) is 19.7 Å². The van der Waals surface area contributed by atoms with Gasteiger partial charge in [0.05, 0.1) is 25.9 Å². The highest BCUT2D eigenvalue weighted by Gasteiger charge is 2.26. The number of ether oxygens (including phenoxy) is 2. The van der Waals surface area contributed by atoms with Crippen molar-refractivity contribution in [1.29, 1.82) is 0 Å². The number of amides is 2. The van der Waals surface area contributed by atoms with Crippen LogP contribution < -0.4 is 5.32 Å². The van der Waals surface area contributed by atoms with Crippen molar-refractivity contribution in [2.75, 3.05) is 33.4 Å². The zero-order valence-electron chi connectivity index (χ0n) is 14.6. The van der Waals surface area contributed by atoms with E-state index in [0.717, 1.165) is 5.56 Å². The lowest BCUT2D eigenvalue weighted by Crippen LogP contribution is -2.53. The molecule has 2 amide bonds. The second kappa shape index (κ2) is 8.99. The molecule has 24 heavy (non-hydrogen) atoms. The summed E-state index contributed by atoms with van der Waals surface area (Å²) in [5.41, 5.74) is 1.01. The monoisotopic (exact) mass is 338 g/mol. The summed E-state index contributed by atoms with van der Waals surface area (Å²) in [6, 6.07) is 6.34. The molecule has 1 aliphatic heterocycles. The predicted octanol–water partition coefficient (Wildman–Crippen LogP) is 2.45. The highest BCUT2D eigenvalue weighted by Crippen LogP contribution is 2.13. The first-order valence-corrected chi connectivity index (χ1v) is 8.40. The first-order valence-electron chi connectivity index (χ1n) is 8.40. The van der Waals surface area contributed by atoms with Crippen LogP contribution in [-0.2, 0) is 15.9 Å². The van der Waals surface area contributed by atoms with Gasteiger partial charge >= 0.3 is 6.03 Å². The summed E-state index contributed by atoms with van der Waals surface area (Å²) in [6.45, 7) is 6.25. The molecule has 6 heteroatoms. The maximum Gasteiger partial charge on any atom is 0.317 e. The molecule has 0 aliphatic carbocycles. The van der Waals surface area contributed by atoms with Gasteiger partial charge in [0.15, 0.2) is 0 Å². The van der Waals surface area contributed by atoms with Crippen molar-refractivity contribution in [2.45, 2.75) is 32.4 Å². The van der Waals surface area contributed by atoms with Crippen molar-refractivity contribution < 1.29 is 18.7 Å². The second-order valence-corrected chi connectivity index (χ2v) is 6.52. The first-order chi connectivity index (χ1) is 11.5. The lowest BCUT2D eigenvalue weighted by atomic mass is 9.96. The molecule has 0 unspecified atom stereocenters. The number of hydrogen-bond donors (Lipinski definition) is 1. The Balaban J connectivity index is 1.94. The number of methoxy groups -OCH3 is 1. The number of halogens is 1. The van der Waals surface area contributed by atoms with Crippen LogP contribution in [0.4, 0.5) is 9.18 Å². The van der Waals surface area contributed by atoms with Crippen molar-refractivity contribution in [3.8, 4) is 0 Å². The molecule has 1 aromatic rings. The lowest BCUT2D eigenvalue weighted by molar-refractivity contribution is -0.0497. The molecule has 0 saturated carbocycles. The molecule has 2 rings (SSSR count). The quantitative estimate of drug-likeness (QED) is 0.867. The van der Waals surface area contributed by atoms with Crippen LogP contribution in [0.3, 0.4) is 0 Å². The Kier molecular flexibility index (Phi) is 6.99. The molecular weight excluding hydrogens is 311 g/mol. The molecule has 1 N–H and O–H groups in total. The van der Waals surface area contributed by atoms with E-state index >= 15 is 0 Å². The van der Waals surface area contributed by atoms with Crippen LogP contribution in [0.15, 0.2) is 24.3 Å². The number of nitrogens with zero attached hydrogens (tertiary/aromatic N) is 1. The smallest absolute Gasteiger partial charge is 0.317 e. The average molecular weight is 338 g/mol. The molecule has 0 spiro atoms. The van der Waals surface area contributed by atoms with Gasteiger partial charge in [-0.05, 0) is 30.0 Å². The number of carbonyl (C=O) groups is 1. The van der Waals surface area contributed by atoms with E-state index < -0.39 is 0 Å². The van der Waals surface area contributed by atoms with E-state index in [1.165, 1.54) is 12.1 Å². The molecule has 0 bridgehead atoms. The van der Waals surface area contributed by atoms with Crippen molar-refractivity contribution in [3.63, 3.8) is 0 Å². The Morgan fingerprint density at radius 1 is 1.42 bits per heavy atom. The van der Waals surface area contributed by atoms with E-state index in [1.807, 2.05) is 0 Å². The van der Waals surface area contributed by atoms with Crippen LogP contribution in [0.25, 0.3) is 0 Å². The van der Waals surface area contributed by atoms with Crippen molar-refractivity contribution in [2.24, 2.45) is 5.92 Å². The largest absolute Gasteiger partial charge is 0.382 e. The molecule has 5 nitrogen and oxygen atoms in total. The fraction of sp³-hybridized carbons (Fsp3) is 0.611. The Labute approximate surface area is 143 Å². The van der Waals surface area contributed by atoms with Crippen LogP contribution in [-0.4, -0.2) is 56.5 Å². The number of benzene rings is 1. The first kappa shape index (κ1) is 18.7. The van der Waals surface area contributed by atoms with Gasteiger partial charge in [-0.3, -0.25) is 0 Å². The number of rotatable bonds is 6. The minimum atomic E-state index is -0.249. The lowest BCUT2D eigenvalue weighted by Gasteiger charge is -2.34. The van der Waals surface area contributed by atoms with Gasteiger partial charge in [0.2, 0.25) is 0 Å². The molecule has 1 aliphatic rings. The molecule has 1 fully saturated rings. The summed E-state index contributed by atoms with van der Waals surface area (Å²) in [6.07, 6.45) is 0.597. The number of hydrogen-bond acceptors (Lipinski definition) is 3. The van der Waals surface area contributed by atoms with Gasteiger partial charge in [-0.1, -0.05) is 26.0 Å². The Morgan fingerprint density at radius 3 is 2.75 bits per heavy atom. The molecule has 1 heterocycles.